The standard InChI is InChI=1S/C51H99NO5/c1-3-5-7-9-11-13-15-20-25-29-33-37-41-45-51(56)57-46-42-38-34-30-26-22-19-17-18-21-24-28-32-36-40-44-50(55)52-48(47-53)49(54)43-39-35-31-27-23-16-14-12-10-8-6-4-2/h19,22,48-49,53-54H,3-18,20-21,23-47H2,1-2H3,(H,52,55)/b22-19-. The molecular formula is C51H99NO5. The zero-order chi connectivity index (χ0) is 41.5. The topological polar surface area (TPSA) is 95.9 Å². The minimum atomic E-state index is -0.672. The van der Waals surface area contributed by atoms with Gasteiger partial charge in [-0.1, -0.05) is 225 Å². The minimum Gasteiger partial charge on any atom is -0.466 e. The van der Waals surface area contributed by atoms with Crippen LogP contribution in [0.15, 0.2) is 12.2 Å². The highest BCUT2D eigenvalue weighted by Gasteiger charge is 2.20. The summed E-state index contributed by atoms with van der Waals surface area (Å²) >= 11 is 0. The molecule has 0 heterocycles. The average Bonchev–Trinajstić information content (AvgIpc) is 3.21. The van der Waals surface area contributed by atoms with E-state index < -0.39 is 12.1 Å². The lowest BCUT2D eigenvalue weighted by molar-refractivity contribution is -0.143. The second-order valence-corrected chi connectivity index (χ2v) is 17.5. The summed E-state index contributed by atoms with van der Waals surface area (Å²) in [4.78, 5) is 24.4. The SMILES string of the molecule is CCCCCCCCCCCCCCCC(=O)OCCCCCC/C=C\CCCCCCCCCC(=O)NC(CO)C(O)CCCCCCCCCCCCCC. The van der Waals surface area contributed by atoms with Crippen molar-refractivity contribution in [2.45, 2.75) is 289 Å². The molecule has 338 valence electrons. The number of carbonyl (C=O) groups excluding carboxylic acids is 2. The van der Waals surface area contributed by atoms with E-state index in [0.29, 0.717) is 25.9 Å². The number of aliphatic hydroxyl groups excluding tert-OH is 2. The molecule has 0 aromatic heterocycles. The molecule has 0 spiro atoms. The van der Waals surface area contributed by atoms with Crippen molar-refractivity contribution < 1.29 is 24.5 Å². The first kappa shape index (κ1) is 55.6. The molecule has 0 bridgehead atoms. The van der Waals surface area contributed by atoms with Gasteiger partial charge < -0.3 is 20.3 Å². The number of esters is 1. The second kappa shape index (κ2) is 47.3. The lowest BCUT2D eigenvalue weighted by Crippen LogP contribution is -2.45. The van der Waals surface area contributed by atoms with Gasteiger partial charge in [0.15, 0.2) is 0 Å². The number of nitrogens with one attached hydrogen (secondary N) is 1. The van der Waals surface area contributed by atoms with E-state index in [9.17, 15) is 19.8 Å². The summed E-state index contributed by atoms with van der Waals surface area (Å²) < 4.78 is 5.45. The van der Waals surface area contributed by atoms with Crippen LogP contribution in [0.5, 0.6) is 0 Å². The van der Waals surface area contributed by atoms with Crippen LogP contribution in [0.3, 0.4) is 0 Å². The molecule has 6 heteroatoms. The van der Waals surface area contributed by atoms with Gasteiger partial charge in [0.05, 0.1) is 25.4 Å². The second-order valence-electron chi connectivity index (χ2n) is 17.5. The Morgan fingerprint density at radius 2 is 0.825 bits per heavy atom. The van der Waals surface area contributed by atoms with Crippen LogP contribution in [0.25, 0.3) is 0 Å². The largest absolute Gasteiger partial charge is 0.466 e. The fourth-order valence-corrected chi connectivity index (χ4v) is 7.87. The quantitative estimate of drug-likeness (QED) is 0.0323. The number of unbranched alkanes of at least 4 members (excludes halogenated alkanes) is 34. The molecule has 0 aliphatic carbocycles. The number of aliphatic hydroxyl groups is 2. The zero-order valence-electron chi connectivity index (χ0n) is 38.3. The molecule has 0 radical (unpaired) electrons. The predicted octanol–water partition coefficient (Wildman–Crippen LogP) is 15.0. The van der Waals surface area contributed by atoms with E-state index >= 15 is 0 Å². The van der Waals surface area contributed by atoms with Crippen LogP contribution in [0.1, 0.15) is 277 Å². The van der Waals surface area contributed by atoms with Crippen molar-refractivity contribution in [1.29, 1.82) is 0 Å². The third-order valence-corrected chi connectivity index (χ3v) is 11.8. The summed E-state index contributed by atoms with van der Waals surface area (Å²) in [6.07, 6.45) is 53.2. The van der Waals surface area contributed by atoms with Crippen molar-refractivity contribution in [3.05, 3.63) is 12.2 Å². The molecule has 0 aromatic rings. The molecule has 57 heavy (non-hydrogen) atoms. The first-order valence-corrected chi connectivity index (χ1v) is 25.4. The number of hydrogen-bond acceptors (Lipinski definition) is 5. The number of hydrogen-bond donors (Lipinski definition) is 3. The Hall–Kier alpha value is -1.40. The van der Waals surface area contributed by atoms with Gasteiger partial charge in [0.1, 0.15) is 0 Å². The number of rotatable bonds is 47. The van der Waals surface area contributed by atoms with Gasteiger partial charge in [-0.15, -0.1) is 0 Å². The molecule has 0 fully saturated rings. The van der Waals surface area contributed by atoms with E-state index in [0.717, 1.165) is 70.6 Å². The van der Waals surface area contributed by atoms with Gasteiger partial charge in [-0.2, -0.15) is 0 Å². The van der Waals surface area contributed by atoms with Crippen molar-refractivity contribution >= 4 is 11.9 Å². The van der Waals surface area contributed by atoms with E-state index in [1.165, 1.54) is 173 Å². The van der Waals surface area contributed by atoms with E-state index in [1.807, 2.05) is 0 Å². The third-order valence-electron chi connectivity index (χ3n) is 11.8. The minimum absolute atomic E-state index is 0.00857. The number of carbonyl (C=O) groups is 2. The van der Waals surface area contributed by atoms with Crippen LogP contribution in [0.2, 0.25) is 0 Å². The Labute approximate surface area is 355 Å². The van der Waals surface area contributed by atoms with E-state index in [2.05, 4.69) is 31.3 Å². The van der Waals surface area contributed by atoms with Crippen molar-refractivity contribution in [3.8, 4) is 0 Å². The van der Waals surface area contributed by atoms with Crippen LogP contribution < -0.4 is 5.32 Å². The Morgan fingerprint density at radius 3 is 1.25 bits per heavy atom. The van der Waals surface area contributed by atoms with Crippen molar-refractivity contribution in [3.63, 3.8) is 0 Å². The summed E-state index contributed by atoms with van der Waals surface area (Å²) in [6, 6.07) is -0.550. The molecule has 2 unspecified atom stereocenters. The van der Waals surface area contributed by atoms with E-state index in [4.69, 9.17) is 4.74 Å². The molecular weight excluding hydrogens is 707 g/mol. The molecule has 0 saturated heterocycles. The van der Waals surface area contributed by atoms with Crippen LogP contribution >= 0.6 is 0 Å². The van der Waals surface area contributed by atoms with Crippen LogP contribution in [-0.2, 0) is 14.3 Å². The summed E-state index contributed by atoms with van der Waals surface area (Å²) in [5.41, 5.74) is 0. The fourth-order valence-electron chi connectivity index (χ4n) is 7.87. The molecule has 0 aliphatic heterocycles. The van der Waals surface area contributed by atoms with Gasteiger partial charge in [-0.3, -0.25) is 9.59 Å². The summed E-state index contributed by atoms with van der Waals surface area (Å²) in [5.74, 6) is -0.0589. The average molecular weight is 806 g/mol. The van der Waals surface area contributed by atoms with Crippen molar-refractivity contribution in [1.82, 2.24) is 5.32 Å². The van der Waals surface area contributed by atoms with Crippen LogP contribution in [0, 0.1) is 0 Å². The van der Waals surface area contributed by atoms with Gasteiger partial charge in [-0.25, -0.2) is 0 Å². The van der Waals surface area contributed by atoms with E-state index in [-0.39, 0.29) is 18.5 Å². The monoisotopic (exact) mass is 806 g/mol. The van der Waals surface area contributed by atoms with Crippen molar-refractivity contribution in [2.24, 2.45) is 0 Å². The number of ether oxygens (including phenoxy) is 1. The highest BCUT2D eigenvalue weighted by molar-refractivity contribution is 5.76. The number of amides is 1. The maximum atomic E-state index is 12.4. The van der Waals surface area contributed by atoms with E-state index in [1.54, 1.807) is 0 Å². The molecule has 3 N–H and O–H groups in total. The highest BCUT2D eigenvalue weighted by atomic mass is 16.5. The van der Waals surface area contributed by atoms with Gasteiger partial charge in [0, 0.05) is 12.8 Å². The Bertz CT molecular complexity index is 847. The smallest absolute Gasteiger partial charge is 0.305 e. The Morgan fingerprint density at radius 1 is 0.474 bits per heavy atom. The first-order chi connectivity index (χ1) is 28.0. The lowest BCUT2D eigenvalue weighted by atomic mass is 10.0. The maximum Gasteiger partial charge on any atom is 0.305 e. The normalized spacial score (nSPS) is 12.7. The van der Waals surface area contributed by atoms with Crippen LogP contribution in [-0.4, -0.2) is 47.4 Å². The molecule has 0 aliphatic rings. The summed E-state index contributed by atoms with van der Waals surface area (Å²) in [7, 11) is 0. The van der Waals surface area contributed by atoms with Crippen molar-refractivity contribution in [2.75, 3.05) is 13.2 Å². The Balaban J connectivity index is 3.46. The Kier molecular flexibility index (Phi) is 46.1. The number of allylic oxidation sites excluding steroid dienone is 2. The van der Waals surface area contributed by atoms with Gasteiger partial charge >= 0.3 is 5.97 Å². The fraction of sp³-hybridized carbons (Fsp3) is 0.922. The molecule has 0 saturated carbocycles. The summed E-state index contributed by atoms with van der Waals surface area (Å²) in [6.45, 7) is 4.91. The summed E-state index contributed by atoms with van der Waals surface area (Å²) in [5, 5.41) is 23.1. The van der Waals surface area contributed by atoms with Gasteiger partial charge in [0.2, 0.25) is 5.91 Å². The highest BCUT2D eigenvalue weighted by Crippen LogP contribution is 2.16. The third kappa shape index (κ3) is 44.0. The van der Waals surface area contributed by atoms with Gasteiger partial charge in [-0.05, 0) is 51.4 Å². The lowest BCUT2D eigenvalue weighted by Gasteiger charge is -2.22. The molecule has 0 aromatic carbocycles. The zero-order valence-corrected chi connectivity index (χ0v) is 38.3. The first-order valence-electron chi connectivity index (χ1n) is 25.4. The molecule has 0 rings (SSSR count). The van der Waals surface area contributed by atoms with Crippen LogP contribution in [0.4, 0.5) is 0 Å². The molecule has 6 nitrogen and oxygen atoms in total. The van der Waals surface area contributed by atoms with Gasteiger partial charge in [0.25, 0.3) is 0 Å². The maximum absolute atomic E-state index is 12.4. The predicted molar refractivity (Wildman–Crippen MR) is 246 cm³/mol. The molecule has 2 atom stereocenters. The molecule has 1 amide bonds.